The third-order valence-corrected chi connectivity index (χ3v) is 7.66. The van der Waals surface area contributed by atoms with Gasteiger partial charge in [0.05, 0.1) is 30.8 Å². The molecule has 1 aliphatic heterocycles. The highest BCUT2D eigenvalue weighted by Gasteiger charge is 2.29. The van der Waals surface area contributed by atoms with Gasteiger partial charge in [-0.1, -0.05) is 17.7 Å². The third kappa shape index (κ3) is 4.78. The van der Waals surface area contributed by atoms with Crippen LogP contribution in [0.5, 0.6) is 0 Å². The predicted octanol–water partition coefficient (Wildman–Crippen LogP) is 3.06. The van der Waals surface area contributed by atoms with Crippen molar-refractivity contribution in [1.29, 1.82) is 0 Å². The number of aromatic amines is 1. The van der Waals surface area contributed by atoms with E-state index < -0.39 is 16.1 Å². The van der Waals surface area contributed by atoms with Gasteiger partial charge in [0.25, 0.3) is 5.56 Å². The van der Waals surface area contributed by atoms with Gasteiger partial charge in [0.2, 0.25) is 10.0 Å². The molecule has 1 saturated heterocycles. The van der Waals surface area contributed by atoms with Gasteiger partial charge in [-0.3, -0.25) is 4.79 Å². The molecule has 1 atom stereocenters. The lowest BCUT2D eigenvalue weighted by Crippen LogP contribution is -2.43. The average Bonchev–Trinajstić information content (AvgIpc) is 2.76. The molecular weight excluding hydrogens is 428 g/mol. The summed E-state index contributed by atoms with van der Waals surface area (Å²) in [6.07, 6.45) is -0.395. The minimum Gasteiger partial charge on any atom is -0.376 e. The Kier molecular flexibility index (Phi) is 6.48. The predicted molar refractivity (Wildman–Crippen MR) is 123 cm³/mol. The average molecular weight is 457 g/mol. The monoisotopic (exact) mass is 456 g/mol. The molecule has 1 fully saturated rings. The van der Waals surface area contributed by atoms with E-state index in [-0.39, 0.29) is 23.5 Å². The highest BCUT2D eigenvalue weighted by atomic mass is 32.2. The van der Waals surface area contributed by atoms with Gasteiger partial charge in [-0.2, -0.15) is 4.31 Å². The lowest BCUT2D eigenvalue weighted by molar-refractivity contribution is -0.0923. The molecule has 1 unspecified atom stereocenters. The van der Waals surface area contributed by atoms with Gasteiger partial charge in [0.15, 0.2) is 0 Å². The molecule has 2 aromatic carbocycles. The number of hydrogen-bond acceptors (Lipinski definition) is 5. The van der Waals surface area contributed by atoms with Crippen LogP contribution in [-0.4, -0.2) is 50.2 Å². The first kappa shape index (κ1) is 22.7. The van der Waals surface area contributed by atoms with Crippen molar-refractivity contribution in [3.8, 4) is 0 Å². The van der Waals surface area contributed by atoms with Crippen molar-refractivity contribution in [1.82, 2.24) is 9.29 Å². The second kappa shape index (κ2) is 9.15. The van der Waals surface area contributed by atoms with Gasteiger partial charge < -0.3 is 14.5 Å². The lowest BCUT2D eigenvalue weighted by atomic mass is 10.0. The van der Waals surface area contributed by atoms with Crippen molar-refractivity contribution < 1.29 is 17.9 Å². The summed E-state index contributed by atoms with van der Waals surface area (Å²) in [6, 6.07) is 12.4. The molecule has 0 saturated carbocycles. The molecule has 7 nitrogen and oxygen atoms in total. The van der Waals surface area contributed by atoms with Gasteiger partial charge in [-0.05, 0) is 67.6 Å². The number of benzene rings is 2. The van der Waals surface area contributed by atoms with Gasteiger partial charge in [-0.15, -0.1) is 0 Å². The number of aryl methyl sites for hydroxylation is 3. The van der Waals surface area contributed by atoms with Gasteiger partial charge in [0.1, 0.15) is 0 Å². The Morgan fingerprint density at radius 3 is 2.44 bits per heavy atom. The van der Waals surface area contributed by atoms with Crippen molar-refractivity contribution in [2.75, 3.05) is 26.4 Å². The summed E-state index contributed by atoms with van der Waals surface area (Å²) < 4.78 is 39.5. The molecule has 0 amide bonds. The molecule has 1 aromatic heterocycles. The summed E-state index contributed by atoms with van der Waals surface area (Å²) in [5, 5.41) is 0.868. The summed E-state index contributed by atoms with van der Waals surface area (Å²) in [4.78, 5) is 15.9. The first-order chi connectivity index (χ1) is 15.2. The minimum absolute atomic E-state index is 0.0612. The van der Waals surface area contributed by atoms with Gasteiger partial charge in [0, 0.05) is 24.2 Å². The summed E-state index contributed by atoms with van der Waals surface area (Å²) >= 11 is 0. The fourth-order valence-corrected chi connectivity index (χ4v) is 5.26. The van der Waals surface area contributed by atoms with Gasteiger partial charge >= 0.3 is 0 Å². The van der Waals surface area contributed by atoms with E-state index in [1.807, 2.05) is 32.9 Å². The van der Waals surface area contributed by atoms with Crippen LogP contribution in [0.1, 0.15) is 22.3 Å². The SMILES string of the molecule is Cc1ccc(S(=O)(=O)N(Cc2cc3cc(C)c(C)cc3[nH]c2=O)CC2COCCO2)cc1. The number of aromatic nitrogens is 1. The Morgan fingerprint density at radius 2 is 1.75 bits per heavy atom. The molecule has 8 heteroatoms. The molecule has 1 N–H and O–H groups in total. The van der Waals surface area contributed by atoms with E-state index in [2.05, 4.69) is 4.98 Å². The summed E-state index contributed by atoms with van der Waals surface area (Å²) in [5.41, 5.74) is 3.97. The summed E-state index contributed by atoms with van der Waals surface area (Å²) in [6.45, 7) is 7.15. The van der Waals surface area contributed by atoms with E-state index in [0.717, 1.165) is 27.6 Å². The number of pyridine rings is 1. The first-order valence-corrected chi connectivity index (χ1v) is 12.1. The van der Waals surface area contributed by atoms with E-state index in [1.54, 1.807) is 30.3 Å². The highest BCUT2D eigenvalue weighted by molar-refractivity contribution is 7.89. The molecule has 170 valence electrons. The molecular formula is C24H28N2O5S. The normalized spacial score (nSPS) is 17.2. The second-order valence-corrected chi connectivity index (χ2v) is 10.3. The number of H-pyrrole nitrogens is 1. The molecule has 0 aliphatic carbocycles. The van der Waals surface area contributed by atoms with Crippen LogP contribution < -0.4 is 5.56 Å². The first-order valence-electron chi connectivity index (χ1n) is 10.6. The number of nitrogens with one attached hydrogen (secondary N) is 1. The molecule has 0 bridgehead atoms. The largest absolute Gasteiger partial charge is 0.376 e. The minimum atomic E-state index is -3.86. The maximum Gasteiger partial charge on any atom is 0.252 e. The van der Waals surface area contributed by atoms with Crippen molar-refractivity contribution in [2.45, 2.75) is 38.3 Å². The van der Waals surface area contributed by atoms with Crippen molar-refractivity contribution in [3.63, 3.8) is 0 Å². The maximum atomic E-state index is 13.5. The smallest absolute Gasteiger partial charge is 0.252 e. The van der Waals surface area contributed by atoms with E-state index in [4.69, 9.17) is 9.47 Å². The molecule has 32 heavy (non-hydrogen) atoms. The fraction of sp³-hybridized carbons (Fsp3) is 0.375. The van der Waals surface area contributed by atoms with Crippen LogP contribution in [0.4, 0.5) is 0 Å². The van der Waals surface area contributed by atoms with Crippen LogP contribution >= 0.6 is 0 Å². The summed E-state index contributed by atoms with van der Waals surface area (Å²) in [7, 11) is -3.86. The molecule has 4 rings (SSSR count). The molecule has 2 heterocycles. The van der Waals surface area contributed by atoms with E-state index in [9.17, 15) is 13.2 Å². The van der Waals surface area contributed by atoms with Crippen LogP contribution in [0.3, 0.4) is 0 Å². The molecule has 3 aromatic rings. The Balaban J connectivity index is 1.73. The second-order valence-electron chi connectivity index (χ2n) is 8.33. The number of fused-ring (bicyclic) bond motifs is 1. The van der Waals surface area contributed by atoms with Crippen molar-refractivity contribution in [2.24, 2.45) is 0 Å². The van der Waals surface area contributed by atoms with E-state index in [0.29, 0.717) is 25.4 Å². The highest BCUT2D eigenvalue weighted by Crippen LogP contribution is 2.22. The zero-order chi connectivity index (χ0) is 22.9. The van der Waals surface area contributed by atoms with E-state index in [1.165, 1.54) is 4.31 Å². The number of nitrogens with zero attached hydrogens (tertiary/aromatic N) is 1. The Morgan fingerprint density at radius 1 is 1.03 bits per heavy atom. The molecule has 0 radical (unpaired) electrons. The van der Waals surface area contributed by atoms with Crippen molar-refractivity contribution >= 4 is 20.9 Å². The van der Waals surface area contributed by atoms with Gasteiger partial charge in [-0.25, -0.2) is 8.42 Å². The summed E-state index contributed by atoms with van der Waals surface area (Å²) in [5.74, 6) is 0. The van der Waals surface area contributed by atoms with Crippen molar-refractivity contribution in [3.05, 3.63) is 75.1 Å². The van der Waals surface area contributed by atoms with Crippen LogP contribution in [0.15, 0.2) is 52.2 Å². The number of hydrogen-bond donors (Lipinski definition) is 1. The topological polar surface area (TPSA) is 88.7 Å². The van der Waals surface area contributed by atoms with Crippen LogP contribution in [0, 0.1) is 20.8 Å². The Labute approximate surface area is 188 Å². The Hall–Kier alpha value is -2.52. The van der Waals surface area contributed by atoms with E-state index >= 15 is 0 Å². The van der Waals surface area contributed by atoms with Crippen LogP contribution in [-0.2, 0) is 26.0 Å². The zero-order valence-electron chi connectivity index (χ0n) is 18.6. The van der Waals surface area contributed by atoms with Crippen LogP contribution in [0.2, 0.25) is 0 Å². The Bertz CT molecular complexity index is 1280. The number of sulfonamides is 1. The quantitative estimate of drug-likeness (QED) is 0.616. The fourth-order valence-electron chi connectivity index (χ4n) is 3.81. The lowest BCUT2D eigenvalue weighted by Gasteiger charge is -2.29. The standard InChI is InChI=1S/C24H28N2O5S/c1-16-4-6-22(7-5-16)32(28,29)26(14-21-15-30-8-9-31-21)13-20-12-19-10-17(2)18(3)11-23(19)25-24(20)27/h4-7,10-12,21H,8-9,13-15H2,1-3H3,(H,25,27). The number of rotatable bonds is 6. The molecule has 0 spiro atoms. The number of ether oxygens (including phenoxy) is 2. The third-order valence-electron chi connectivity index (χ3n) is 5.83. The molecule has 1 aliphatic rings. The zero-order valence-corrected chi connectivity index (χ0v) is 19.4. The maximum absolute atomic E-state index is 13.5. The van der Waals surface area contributed by atoms with Crippen LogP contribution in [0.25, 0.3) is 10.9 Å².